The van der Waals surface area contributed by atoms with E-state index in [0.717, 1.165) is 10.6 Å². The van der Waals surface area contributed by atoms with E-state index in [1.807, 2.05) is 31.6 Å². The number of aromatic nitrogens is 3. The zero-order valence-corrected chi connectivity index (χ0v) is 9.74. The van der Waals surface area contributed by atoms with E-state index in [-0.39, 0.29) is 0 Å². The molecule has 0 aromatic carbocycles. The highest BCUT2D eigenvalue weighted by atomic mass is 32.2. The average molecular weight is 235 g/mol. The molecule has 0 bridgehead atoms. The van der Waals surface area contributed by atoms with Crippen LogP contribution in [0.15, 0.2) is 35.6 Å². The fraction of sp³-hybridized carbons (Fsp3) is 0.200. The molecule has 5 nitrogen and oxygen atoms in total. The van der Waals surface area contributed by atoms with Crippen molar-refractivity contribution in [2.75, 3.05) is 5.43 Å². The van der Waals surface area contributed by atoms with Crippen LogP contribution < -0.4 is 11.3 Å². The van der Waals surface area contributed by atoms with Crippen molar-refractivity contribution in [2.45, 2.75) is 10.6 Å². The van der Waals surface area contributed by atoms with Crippen molar-refractivity contribution in [1.82, 2.24) is 14.8 Å². The summed E-state index contributed by atoms with van der Waals surface area (Å²) in [5, 5.41) is 4.11. The molecule has 0 atom stereocenters. The number of pyridine rings is 1. The molecule has 0 aliphatic carbocycles. The standard InChI is InChI=1S/C10H13N5S/c1-15-6-9(5-13-15)16-7-8-2-3-12-10(4-8)14-11/h2-6H,7,11H2,1H3,(H,12,14). The van der Waals surface area contributed by atoms with Crippen LogP contribution in [-0.4, -0.2) is 14.8 Å². The molecule has 16 heavy (non-hydrogen) atoms. The Balaban J connectivity index is 1.99. The van der Waals surface area contributed by atoms with Crippen molar-refractivity contribution >= 4 is 17.6 Å². The fourth-order valence-electron chi connectivity index (χ4n) is 1.28. The summed E-state index contributed by atoms with van der Waals surface area (Å²) < 4.78 is 1.79. The van der Waals surface area contributed by atoms with Crippen molar-refractivity contribution in [2.24, 2.45) is 12.9 Å². The van der Waals surface area contributed by atoms with E-state index in [0.29, 0.717) is 5.82 Å². The summed E-state index contributed by atoms with van der Waals surface area (Å²) in [6.07, 6.45) is 5.59. The van der Waals surface area contributed by atoms with Crippen molar-refractivity contribution in [3.05, 3.63) is 36.3 Å². The number of anilines is 1. The van der Waals surface area contributed by atoms with Gasteiger partial charge in [-0.25, -0.2) is 10.8 Å². The number of rotatable bonds is 4. The minimum absolute atomic E-state index is 0.685. The van der Waals surface area contributed by atoms with E-state index in [1.165, 1.54) is 5.56 Å². The van der Waals surface area contributed by atoms with Gasteiger partial charge in [-0.15, -0.1) is 11.8 Å². The molecule has 0 radical (unpaired) electrons. The monoisotopic (exact) mass is 235 g/mol. The number of nitrogens with one attached hydrogen (secondary N) is 1. The van der Waals surface area contributed by atoms with Gasteiger partial charge in [0.25, 0.3) is 0 Å². The second-order valence-corrected chi connectivity index (χ2v) is 4.38. The number of hydrazine groups is 1. The van der Waals surface area contributed by atoms with Gasteiger partial charge in [-0.3, -0.25) is 4.68 Å². The maximum atomic E-state index is 5.30. The molecule has 0 fully saturated rings. The number of aryl methyl sites for hydroxylation is 1. The van der Waals surface area contributed by atoms with Gasteiger partial charge in [0.1, 0.15) is 5.82 Å². The lowest BCUT2D eigenvalue weighted by Crippen LogP contribution is -2.08. The predicted octanol–water partition coefficient (Wildman–Crippen LogP) is 1.39. The van der Waals surface area contributed by atoms with Gasteiger partial charge in [-0.2, -0.15) is 5.10 Å². The number of nitrogens with zero attached hydrogens (tertiary/aromatic N) is 3. The van der Waals surface area contributed by atoms with Crippen LogP contribution in [0.2, 0.25) is 0 Å². The Bertz CT molecular complexity index is 468. The van der Waals surface area contributed by atoms with Crippen LogP contribution in [0, 0.1) is 0 Å². The third-order valence-electron chi connectivity index (χ3n) is 2.06. The Hall–Kier alpha value is -1.53. The smallest absolute Gasteiger partial charge is 0.140 e. The van der Waals surface area contributed by atoms with Gasteiger partial charge in [-0.1, -0.05) is 0 Å². The van der Waals surface area contributed by atoms with E-state index in [2.05, 4.69) is 15.5 Å². The highest BCUT2D eigenvalue weighted by Gasteiger charge is 1.99. The molecular weight excluding hydrogens is 222 g/mol. The minimum atomic E-state index is 0.685. The van der Waals surface area contributed by atoms with Crippen LogP contribution in [0.3, 0.4) is 0 Å². The van der Waals surface area contributed by atoms with Gasteiger partial charge in [0.2, 0.25) is 0 Å². The van der Waals surface area contributed by atoms with Gasteiger partial charge in [-0.05, 0) is 17.7 Å². The van der Waals surface area contributed by atoms with Crippen molar-refractivity contribution < 1.29 is 0 Å². The summed E-state index contributed by atoms with van der Waals surface area (Å²) in [6.45, 7) is 0. The third kappa shape index (κ3) is 2.74. The molecule has 0 saturated heterocycles. The summed E-state index contributed by atoms with van der Waals surface area (Å²) in [6, 6.07) is 3.91. The predicted molar refractivity (Wildman–Crippen MR) is 64.8 cm³/mol. The van der Waals surface area contributed by atoms with Gasteiger partial charge in [0.15, 0.2) is 0 Å². The van der Waals surface area contributed by atoms with Crippen molar-refractivity contribution in [3.8, 4) is 0 Å². The number of thioether (sulfide) groups is 1. The van der Waals surface area contributed by atoms with Crippen LogP contribution in [-0.2, 0) is 12.8 Å². The van der Waals surface area contributed by atoms with Gasteiger partial charge < -0.3 is 5.43 Å². The lowest BCUT2D eigenvalue weighted by atomic mass is 10.3. The topological polar surface area (TPSA) is 68.8 Å². The van der Waals surface area contributed by atoms with Gasteiger partial charge in [0, 0.05) is 30.1 Å². The lowest BCUT2D eigenvalue weighted by molar-refractivity contribution is 0.766. The van der Waals surface area contributed by atoms with E-state index < -0.39 is 0 Å². The van der Waals surface area contributed by atoms with E-state index in [9.17, 15) is 0 Å². The molecule has 0 amide bonds. The molecule has 2 rings (SSSR count). The molecule has 0 unspecified atom stereocenters. The maximum absolute atomic E-state index is 5.30. The number of nitrogens with two attached hydrogens (primary N) is 1. The quantitative estimate of drug-likeness (QED) is 0.476. The Morgan fingerprint density at radius 3 is 3.12 bits per heavy atom. The Kier molecular flexibility index (Phi) is 3.43. The molecule has 84 valence electrons. The van der Waals surface area contributed by atoms with Crippen LogP contribution in [0.25, 0.3) is 0 Å². The van der Waals surface area contributed by atoms with Crippen molar-refractivity contribution in [1.29, 1.82) is 0 Å². The molecule has 6 heteroatoms. The summed E-state index contributed by atoms with van der Waals surface area (Å²) in [7, 11) is 1.91. The second kappa shape index (κ2) is 5.00. The van der Waals surface area contributed by atoms with E-state index in [4.69, 9.17) is 5.84 Å². The summed E-state index contributed by atoms with van der Waals surface area (Å²) in [5.74, 6) is 6.86. The highest BCUT2D eigenvalue weighted by Crippen LogP contribution is 2.22. The van der Waals surface area contributed by atoms with Crippen molar-refractivity contribution in [3.63, 3.8) is 0 Å². The number of hydrogen-bond acceptors (Lipinski definition) is 5. The zero-order chi connectivity index (χ0) is 11.4. The molecule has 0 aliphatic heterocycles. The van der Waals surface area contributed by atoms with Gasteiger partial charge >= 0.3 is 0 Å². The van der Waals surface area contributed by atoms with Crippen LogP contribution in [0.1, 0.15) is 5.56 Å². The average Bonchev–Trinajstić information content (AvgIpc) is 2.73. The van der Waals surface area contributed by atoms with Crippen LogP contribution in [0.5, 0.6) is 0 Å². The Morgan fingerprint density at radius 2 is 2.44 bits per heavy atom. The second-order valence-electron chi connectivity index (χ2n) is 3.33. The normalized spacial score (nSPS) is 10.4. The van der Waals surface area contributed by atoms with E-state index >= 15 is 0 Å². The number of nitrogen functional groups attached to an aromatic ring is 1. The molecule has 0 saturated carbocycles. The van der Waals surface area contributed by atoms with Crippen LogP contribution in [0.4, 0.5) is 5.82 Å². The first-order chi connectivity index (χ1) is 7.78. The first kappa shape index (κ1) is 11.0. The molecule has 0 spiro atoms. The highest BCUT2D eigenvalue weighted by molar-refractivity contribution is 7.98. The SMILES string of the molecule is Cn1cc(SCc2ccnc(NN)c2)cn1. The summed E-state index contributed by atoms with van der Waals surface area (Å²) >= 11 is 1.73. The largest absolute Gasteiger partial charge is 0.308 e. The number of hydrogen-bond donors (Lipinski definition) is 2. The summed E-state index contributed by atoms with van der Waals surface area (Å²) in [4.78, 5) is 5.21. The van der Waals surface area contributed by atoms with E-state index in [1.54, 1.807) is 22.6 Å². The Labute approximate surface area is 98.0 Å². The molecule has 2 aromatic rings. The molecule has 0 aliphatic rings. The first-order valence-corrected chi connectivity index (χ1v) is 5.79. The summed E-state index contributed by atoms with van der Waals surface area (Å²) in [5.41, 5.74) is 3.71. The lowest BCUT2D eigenvalue weighted by Gasteiger charge is -2.02. The molecule has 3 N–H and O–H groups in total. The van der Waals surface area contributed by atoms with Crippen LogP contribution >= 0.6 is 11.8 Å². The first-order valence-electron chi connectivity index (χ1n) is 4.81. The Morgan fingerprint density at radius 1 is 1.56 bits per heavy atom. The maximum Gasteiger partial charge on any atom is 0.140 e. The fourth-order valence-corrected chi connectivity index (χ4v) is 2.14. The third-order valence-corrected chi connectivity index (χ3v) is 3.08. The molecule has 2 heterocycles. The van der Waals surface area contributed by atoms with Gasteiger partial charge in [0.05, 0.1) is 6.20 Å². The minimum Gasteiger partial charge on any atom is -0.308 e. The molecule has 2 aromatic heterocycles. The zero-order valence-electron chi connectivity index (χ0n) is 8.92. The molecular formula is C10H13N5S.